The van der Waals surface area contributed by atoms with Gasteiger partial charge in [-0.05, 0) is 32.1 Å². The summed E-state index contributed by atoms with van der Waals surface area (Å²) in [5, 5.41) is 0. The number of carbonyl (C=O) groups excluding carboxylic acids is 1. The molecule has 3 heteroatoms. The first-order valence-corrected chi connectivity index (χ1v) is 5.39. The minimum atomic E-state index is -0.328. The SMILES string of the molecule is C=C(C)[C@H]1CC=C(C(N)CC(N)=O)CC1. The highest BCUT2D eigenvalue weighted by atomic mass is 16.1. The Kier molecular flexibility index (Phi) is 4.09. The van der Waals surface area contributed by atoms with Crippen molar-refractivity contribution in [2.75, 3.05) is 0 Å². The molecule has 0 saturated carbocycles. The molecule has 2 atom stereocenters. The molecule has 1 rings (SSSR count). The lowest BCUT2D eigenvalue weighted by atomic mass is 9.83. The van der Waals surface area contributed by atoms with Gasteiger partial charge < -0.3 is 11.5 Å². The Morgan fingerprint density at radius 2 is 2.40 bits per heavy atom. The molecule has 0 bridgehead atoms. The summed E-state index contributed by atoms with van der Waals surface area (Å²) < 4.78 is 0. The topological polar surface area (TPSA) is 69.1 Å². The van der Waals surface area contributed by atoms with Crippen LogP contribution in [0, 0.1) is 5.92 Å². The molecule has 0 radical (unpaired) electrons. The Hall–Kier alpha value is -1.09. The number of hydrogen-bond donors (Lipinski definition) is 2. The third kappa shape index (κ3) is 3.51. The van der Waals surface area contributed by atoms with Gasteiger partial charge in [0.05, 0.1) is 0 Å². The molecule has 1 aliphatic carbocycles. The van der Waals surface area contributed by atoms with E-state index >= 15 is 0 Å². The Bertz CT molecular complexity index is 294. The Labute approximate surface area is 91.2 Å². The van der Waals surface area contributed by atoms with Crippen molar-refractivity contribution in [3.05, 3.63) is 23.8 Å². The van der Waals surface area contributed by atoms with Crippen LogP contribution in [0.4, 0.5) is 0 Å². The summed E-state index contributed by atoms with van der Waals surface area (Å²) in [7, 11) is 0. The molecule has 0 fully saturated rings. The van der Waals surface area contributed by atoms with Gasteiger partial charge in [-0.1, -0.05) is 23.8 Å². The van der Waals surface area contributed by atoms with E-state index < -0.39 is 0 Å². The van der Waals surface area contributed by atoms with Crippen LogP contribution in [-0.2, 0) is 4.79 Å². The fourth-order valence-electron chi connectivity index (χ4n) is 1.99. The van der Waals surface area contributed by atoms with Crippen molar-refractivity contribution in [2.24, 2.45) is 17.4 Å². The van der Waals surface area contributed by atoms with E-state index in [2.05, 4.69) is 19.6 Å². The second kappa shape index (κ2) is 5.12. The van der Waals surface area contributed by atoms with Crippen molar-refractivity contribution in [3.63, 3.8) is 0 Å². The summed E-state index contributed by atoms with van der Waals surface area (Å²) >= 11 is 0. The van der Waals surface area contributed by atoms with Crippen molar-refractivity contribution >= 4 is 5.91 Å². The molecule has 0 aromatic heterocycles. The third-order valence-electron chi connectivity index (χ3n) is 3.04. The zero-order valence-electron chi connectivity index (χ0n) is 9.33. The number of amides is 1. The van der Waals surface area contributed by atoms with E-state index in [1.165, 1.54) is 11.1 Å². The van der Waals surface area contributed by atoms with Crippen LogP contribution in [0.15, 0.2) is 23.8 Å². The summed E-state index contributed by atoms with van der Waals surface area (Å²) in [6.07, 6.45) is 5.46. The summed E-state index contributed by atoms with van der Waals surface area (Å²) in [6.45, 7) is 6.02. The molecular weight excluding hydrogens is 188 g/mol. The van der Waals surface area contributed by atoms with E-state index in [0.29, 0.717) is 5.92 Å². The lowest BCUT2D eigenvalue weighted by Gasteiger charge is -2.24. The van der Waals surface area contributed by atoms with Gasteiger partial charge in [-0.3, -0.25) is 4.79 Å². The fourth-order valence-corrected chi connectivity index (χ4v) is 1.99. The van der Waals surface area contributed by atoms with Crippen LogP contribution < -0.4 is 11.5 Å². The zero-order chi connectivity index (χ0) is 11.4. The Morgan fingerprint density at radius 3 is 2.80 bits per heavy atom. The second-order valence-corrected chi connectivity index (χ2v) is 4.37. The number of primary amides is 1. The molecule has 0 heterocycles. The van der Waals surface area contributed by atoms with Gasteiger partial charge in [0, 0.05) is 12.5 Å². The van der Waals surface area contributed by atoms with Crippen LogP contribution >= 0.6 is 0 Å². The molecule has 0 spiro atoms. The average Bonchev–Trinajstić information content (AvgIpc) is 2.17. The number of allylic oxidation sites excluding steroid dienone is 2. The maximum Gasteiger partial charge on any atom is 0.219 e. The number of carbonyl (C=O) groups is 1. The van der Waals surface area contributed by atoms with Gasteiger partial charge in [0.25, 0.3) is 0 Å². The van der Waals surface area contributed by atoms with Crippen LogP contribution in [0.5, 0.6) is 0 Å². The lowest BCUT2D eigenvalue weighted by molar-refractivity contribution is -0.118. The minimum Gasteiger partial charge on any atom is -0.370 e. The van der Waals surface area contributed by atoms with Crippen molar-refractivity contribution in [3.8, 4) is 0 Å². The van der Waals surface area contributed by atoms with Crippen molar-refractivity contribution in [2.45, 2.75) is 38.6 Å². The molecule has 1 amide bonds. The highest BCUT2D eigenvalue weighted by Crippen LogP contribution is 2.29. The van der Waals surface area contributed by atoms with Crippen molar-refractivity contribution in [1.29, 1.82) is 0 Å². The molecule has 4 N–H and O–H groups in total. The van der Waals surface area contributed by atoms with E-state index in [4.69, 9.17) is 11.5 Å². The highest BCUT2D eigenvalue weighted by molar-refractivity contribution is 5.74. The molecule has 0 aliphatic heterocycles. The van der Waals surface area contributed by atoms with Crippen LogP contribution in [0.2, 0.25) is 0 Å². The Morgan fingerprint density at radius 1 is 1.73 bits per heavy atom. The van der Waals surface area contributed by atoms with E-state index in [1.54, 1.807) is 0 Å². The molecule has 0 aromatic carbocycles. The standard InChI is InChI=1S/C12H20N2O/c1-8(2)9-3-5-10(6-4-9)11(13)7-12(14)15/h5,9,11H,1,3-4,6-7,13H2,2H3,(H2,14,15)/t9-,11?/m0/s1. The molecule has 15 heavy (non-hydrogen) atoms. The summed E-state index contributed by atoms with van der Waals surface area (Å²) in [5.41, 5.74) is 13.4. The quantitative estimate of drug-likeness (QED) is 0.687. The normalized spacial score (nSPS) is 23.1. The maximum absolute atomic E-state index is 10.7. The van der Waals surface area contributed by atoms with E-state index in [0.717, 1.165) is 19.3 Å². The zero-order valence-corrected chi connectivity index (χ0v) is 9.33. The first-order chi connectivity index (χ1) is 7.00. The van der Waals surface area contributed by atoms with E-state index in [9.17, 15) is 4.79 Å². The molecule has 1 aliphatic rings. The summed E-state index contributed by atoms with van der Waals surface area (Å²) in [6, 6.07) is -0.187. The third-order valence-corrected chi connectivity index (χ3v) is 3.04. The second-order valence-electron chi connectivity index (χ2n) is 4.37. The van der Waals surface area contributed by atoms with Gasteiger partial charge in [0.1, 0.15) is 0 Å². The molecule has 3 nitrogen and oxygen atoms in total. The number of hydrogen-bond acceptors (Lipinski definition) is 2. The monoisotopic (exact) mass is 208 g/mol. The van der Waals surface area contributed by atoms with Crippen molar-refractivity contribution < 1.29 is 4.79 Å². The highest BCUT2D eigenvalue weighted by Gasteiger charge is 2.19. The van der Waals surface area contributed by atoms with Gasteiger partial charge in [-0.15, -0.1) is 0 Å². The van der Waals surface area contributed by atoms with Gasteiger partial charge >= 0.3 is 0 Å². The maximum atomic E-state index is 10.7. The number of rotatable bonds is 4. The predicted molar refractivity (Wildman–Crippen MR) is 62.0 cm³/mol. The van der Waals surface area contributed by atoms with Gasteiger partial charge in [-0.2, -0.15) is 0 Å². The first-order valence-electron chi connectivity index (χ1n) is 5.39. The van der Waals surface area contributed by atoms with E-state index in [-0.39, 0.29) is 18.4 Å². The first kappa shape index (κ1) is 12.0. The molecule has 1 unspecified atom stereocenters. The van der Waals surface area contributed by atoms with Crippen LogP contribution in [0.1, 0.15) is 32.6 Å². The van der Waals surface area contributed by atoms with Crippen molar-refractivity contribution in [1.82, 2.24) is 0 Å². The summed E-state index contributed by atoms with van der Waals surface area (Å²) in [5.74, 6) is 0.250. The molecule has 84 valence electrons. The Balaban J connectivity index is 2.52. The largest absolute Gasteiger partial charge is 0.370 e. The minimum absolute atomic E-state index is 0.187. The average molecular weight is 208 g/mol. The molecule has 0 aromatic rings. The molecular formula is C12H20N2O. The van der Waals surface area contributed by atoms with Gasteiger partial charge in [-0.25, -0.2) is 0 Å². The number of nitrogens with two attached hydrogens (primary N) is 2. The summed E-state index contributed by atoms with van der Waals surface area (Å²) in [4.78, 5) is 10.7. The van der Waals surface area contributed by atoms with Crippen LogP contribution in [0.25, 0.3) is 0 Å². The van der Waals surface area contributed by atoms with Gasteiger partial charge in [0.2, 0.25) is 5.91 Å². The predicted octanol–water partition coefficient (Wildman–Crippen LogP) is 1.49. The van der Waals surface area contributed by atoms with Crippen LogP contribution in [0.3, 0.4) is 0 Å². The molecule has 0 saturated heterocycles. The van der Waals surface area contributed by atoms with Gasteiger partial charge in [0.15, 0.2) is 0 Å². The fraction of sp³-hybridized carbons (Fsp3) is 0.583. The lowest BCUT2D eigenvalue weighted by Crippen LogP contribution is -2.30. The smallest absolute Gasteiger partial charge is 0.219 e. The van der Waals surface area contributed by atoms with E-state index in [1.807, 2.05) is 0 Å². The van der Waals surface area contributed by atoms with Crippen LogP contribution in [-0.4, -0.2) is 11.9 Å².